The van der Waals surface area contributed by atoms with Crippen molar-refractivity contribution < 1.29 is 24.4 Å². The molecule has 21 heavy (non-hydrogen) atoms. The fourth-order valence-electron chi connectivity index (χ4n) is 1.62. The quantitative estimate of drug-likeness (QED) is 0.580. The number of nitrogens with zero attached hydrogens (tertiary/aromatic N) is 1. The van der Waals surface area contributed by atoms with E-state index in [4.69, 9.17) is 21.4 Å². The van der Waals surface area contributed by atoms with Crippen molar-refractivity contribution in [2.45, 2.75) is 12.5 Å². The van der Waals surface area contributed by atoms with Gasteiger partial charge in [-0.2, -0.15) is 0 Å². The van der Waals surface area contributed by atoms with Gasteiger partial charge >= 0.3 is 11.7 Å². The highest BCUT2D eigenvalue weighted by atomic mass is 35.5. The molecule has 0 heterocycles. The lowest BCUT2D eigenvalue weighted by atomic mass is 10.1. The Morgan fingerprint density at radius 2 is 2.19 bits per heavy atom. The number of carboxylic acid groups (broad SMARTS) is 1. The van der Waals surface area contributed by atoms with Crippen LogP contribution in [0.5, 0.6) is 0 Å². The Morgan fingerprint density at radius 3 is 2.71 bits per heavy atom. The van der Waals surface area contributed by atoms with Crippen LogP contribution < -0.4 is 5.32 Å². The number of ether oxygens (including phenoxy) is 1. The third-order valence-corrected chi connectivity index (χ3v) is 2.94. The largest absolute Gasteiger partial charge is 0.481 e. The highest BCUT2D eigenvalue weighted by Crippen LogP contribution is 2.27. The molecule has 1 atom stereocenters. The zero-order valence-electron chi connectivity index (χ0n) is 11.0. The summed E-state index contributed by atoms with van der Waals surface area (Å²) in [5.74, 6) is -1.80. The number of nitro groups is 1. The van der Waals surface area contributed by atoms with E-state index >= 15 is 0 Å². The Kier molecular flexibility index (Phi) is 6.07. The first-order valence-electron chi connectivity index (χ1n) is 5.82. The van der Waals surface area contributed by atoms with Gasteiger partial charge in [0.2, 0.25) is 0 Å². The molecular weight excluding hydrogens is 304 g/mol. The normalized spacial score (nSPS) is 11.7. The first kappa shape index (κ1) is 16.9. The van der Waals surface area contributed by atoms with Crippen LogP contribution in [-0.4, -0.2) is 41.7 Å². The first-order valence-corrected chi connectivity index (χ1v) is 6.20. The number of carbonyl (C=O) groups is 2. The molecule has 0 saturated heterocycles. The maximum Gasteiger partial charge on any atom is 0.306 e. The molecule has 8 nitrogen and oxygen atoms in total. The molecule has 0 fully saturated rings. The molecule has 1 amide bonds. The van der Waals surface area contributed by atoms with E-state index in [1.54, 1.807) is 0 Å². The number of nitrogens with one attached hydrogen (secondary N) is 1. The molecule has 9 heteroatoms. The van der Waals surface area contributed by atoms with Crippen molar-refractivity contribution >= 4 is 29.2 Å². The van der Waals surface area contributed by atoms with Crippen LogP contribution in [0.1, 0.15) is 16.8 Å². The fraction of sp³-hybridized carbons (Fsp3) is 0.333. The number of halogens is 1. The van der Waals surface area contributed by atoms with Crippen LogP contribution in [0.25, 0.3) is 0 Å². The minimum absolute atomic E-state index is 0.0920. The number of rotatable bonds is 7. The van der Waals surface area contributed by atoms with Gasteiger partial charge in [0, 0.05) is 13.7 Å². The minimum atomic E-state index is -1.08. The van der Waals surface area contributed by atoms with Crippen LogP contribution >= 0.6 is 11.6 Å². The molecule has 0 bridgehead atoms. The number of carbonyl (C=O) groups excluding carboxylic acids is 1. The van der Waals surface area contributed by atoms with Crippen molar-refractivity contribution in [1.82, 2.24) is 5.32 Å². The molecule has 0 aliphatic rings. The second kappa shape index (κ2) is 7.55. The topological polar surface area (TPSA) is 119 Å². The van der Waals surface area contributed by atoms with Crippen molar-refractivity contribution in [1.29, 1.82) is 0 Å². The third kappa shape index (κ3) is 4.69. The van der Waals surface area contributed by atoms with E-state index in [2.05, 4.69) is 5.32 Å². The molecule has 0 aliphatic heterocycles. The van der Waals surface area contributed by atoms with Gasteiger partial charge in [-0.25, -0.2) is 0 Å². The third-order valence-electron chi connectivity index (χ3n) is 2.64. The Balaban J connectivity index is 2.83. The lowest BCUT2D eigenvalue weighted by molar-refractivity contribution is -0.385. The molecule has 1 aromatic rings. The van der Waals surface area contributed by atoms with Gasteiger partial charge in [-0.05, 0) is 12.1 Å². The standard InChI is InChI=1S/C12H13ClN2O6/c1-21-7(5-10(16)17)6-14-12(18)8-3-2-4-9(13)11(8)15(19)20/h2-4,7H,5-6H2,1H3,(H,14,18)(H,16,17). The minimum Gasteiger partial charge on any atom is -0.481 e. The Labute approximate surface area is 124 Å². The molecule has 2 N–H and O–H groups in total. The monoisotopic (exact) mass is 316 g/mol. The maximum absolute atomic E-state index is 12.0. The van der Waals surface area contributed by atoms with Crippen LogP contribution in [-0.2, 0) is 9.53 Å². The average Bonchev–Trinajstić information content (AvgIpc) is 2.41. The Morgan fingerprint density at radius 1 is 1.52 bits per heavy atom. The van der Waals surface area contributed by atoms with Gasteiger partial charge in [-0.1, -0.05) is 17.7 Å². The average molecular weight is 317 g/mol. The zero-order chi connectivity index (χ0) is 16.0. The van der Waals surface area contributed by atoms with E-state index in [1.165, 1.54) is 25.3 Å². The molecular formula is C12H13ClN2O6. The summed E-state index contributed by atoms with van der Waals surface area (Å²) >= 11 is 5.70. The molecule has 0 aliphatic carbocycles. The van der Waals surface area contributed by atoms with E-state index in [0.717, 1.165) is 0 Å². The number of nitro benzene ring substituents is 1. The Hall–Kier alpha value is -2.19. The Bertz CT molecular complexity index is 563. The van der Waals surface area contributed by atoms with Crippen LogP contribution in [0, 0.1) is 10.1 Å². The number of benzene rings is 1. The smallest absolute Gasteiger partial charge is 0.306 e. The van der Waals surface area contributed by atoms with Crippen LogP contribution in [0.15, 0.2) is 18.2 Å². The number of hydrogen-bond donors (Lipinski definition) is 2. The van der Waals surface area contributed by atoms with E-state index in [0.29, 0.717) is 0 Å². The van der Waals surface area contributed by atoms with Gasteiger partial charge in [0.1, 0.15) is 10.6 Å². The molecule has 1 aromatic carbocycles. The van der Waals surface area contributed by atoms with Gasteiger partial charge in [-0.15, -0.1) is 0 Å². The number of methoxy groups -OCH3 is 1. The molecule has 1 unspecified atom stereocenters. The van der Waals surface area contributed by atoms with E-state index in [9.17, 15) is 19.7 Å². The summed E-state index contributed by atoms with van der Waals surface area (Å²) in [7, 11) is 1.31. The summed E-state index contributed by atoms with van der Waals surface area (Å²) in [6.45, 7) is -0.0920. The number of amides is 1. The van der Waals surface area contributed by atoms with Crippen LogP contribution in [0.4, 0.5) is 5.69 Å². The molecule has 0 radical (unpaired) electrons. The van der Waals surface area contributed by atoms with Crippen molar-refractivity contribution in [2.75, 3.05) is 13.7 Å². The van der Waals surface area contributed by atoms with Gasteiger partial charge in [0.05, 0.1) is 17.4 Å². The number of carboxylic acids is 1. The predicted octanol–water partition coefficient (Wildman–Crippen LogP) is 1.47. The lowest BCUT2D eigenvalue weighted by Crippen LogP contribution is -2.34. The summed E-state index contributed by atoms with van der Waals surface area (Å²) in [5.41, 5.74) is -0.693. The molecule has 1 rings (SSSR count). The summed E-state index contributed by atoms with van der Waals surface area (Å²) < 4.78 is 4.89. The molecule has 0 spiro atoms. The number of hydrogen-bond acceptors (Lipinski definition) is 5. The van der Waals surface area contributed by atoms with E-state index in [-0.39, 0.29) is 23.6 Å². The highest BCUT2D eigenvalue weighted by Gasteiger charge is 2.24. The van der Waals surface area contributed by atoms with Crippen molar-refractivity contribution in [3.05, 3.63) is 38.9 Å². The second-order valence-electron chi connectivity index (χ2n) is 4.06. The fourth-order valence-corrected chi connectivity index (χ4v) is 1.86. The number of para-hydroxylation sites is 1. The second-order valence-corrected chi connectivity index (χ2v) is 4.47. The lowest BCUT2D eigenvalue weighted by Gasteiger charge is -2.14. The molecule has 0 saturated carbocycles. The van der Waals surface area contributed by atoms with Gasteiger partial charge in [0.15, 0.2) is 0 Å². The first-order chi connectivity index (χ1) is 9.86. The summed E-state index contributed by atoms with van der Waals surface area (Å²) in [6, 6.07) is 3.98. The maximum atomic E-state index is 12.0. The van der Waals surface area contributed by atoms with Crippen LogP contribution in [0.3, 0.4) is 0 Å². The van der Waals surface area contributed by atoms with Crippen molar-refractivity contribution in [3.63, 3.8) is 0 Å². The van der Waals surface area contributed by atoms with Crippen LogP contribution in [0.2, 0.25) is 5.02 Å². The van der Waals surface area contributed by atoms with E-state index in [1.807, 2.05) is 0 Å². The summed E-state index contributed by atoms with van der Waals surface area (Å²) in [5, 5.41) is 21.8. The van der Waals surface area contributed by atoms with Gasteiger partial charge in [-0.3, -0.25) is 19.7 Å². The van der Waals surface area contributed by atoms with Crippen molar-refractivity contribution in [3.8, 4) is 0 Å². The van der Waals surface area contributed by atoms with Gasteiger partial charge < -0.3 is 15.2 Å². The summed E-state index contributed by atoms with van der Waals surface area (Å²) in [6.07, 6.45) is -1.03. The van der Waals surface area contributed by atoms with Crippen molar-refractivity contribution in [2.24, 2.45) is 0 Å². The molecule has 0 aromatic heterocycles. The van der Waals surface area contributed by atoms with E-state index < -0.39 is 28.6 Å². The SMILES string of the molecule is COC(CNC(=O)c1cccc(Cl)c1[N+](=O)[O-])CC(=O)O. The number of aliphatic carboxylic acids is 1. The zero-order valence-corrected chi connectivity index (χ0v) is 11.8. The van der Waals surface area contributed by atoms with Gasteiger partial charge in [0.25, 0.3) is 5.91 Å². The predicted molar refractivity (Wildman–Crippen MR) is 73.5 cm³/mol. The summed E-state index contributed by atoms with van der Waals surface area (Å²) in [4.78, 5) is 32.7. The highest BCUT2D eigenvalue weighted by molar-refractivity contribution is 6.33. The molecule has 114 valence electrons.